The molecule has 0 radical (unpaired) electrons. The summed E-state index contributed by atoms with van der Waals surface area (Å²) in [7, 11) is 0. The van der Waals surface area contributed by atoms with Gasteiger partial charge >= 0.3 is 0 Å². The van der Waals surface area contributed by atoms with Gasteiger partial charge in [0.1, 0.15) is 0 Å². The third-order valence-corrected chi connectivity index (χ3v) is 5.43. The van der Waals surface area contributed by atoms with Gasteiger partial charge in [-0.1, -0.05) is 20.8 Å². The number of thiazole rings is 1. The molecular formula is C19H35N5OS. The standard InChI is InChI=1S/C19H35N5OS/c1-5-17-12-22-18(26-17)7-8-21-19(20-6-2)23-11-16-14-24(9-10-25-16)13-15(3)4/h12,15-16H,5-11,13-14H2,1-4H3,(H2,20,21,23). The van der Waals surface area contributed by atoms with Gasteiger partial charge in [0.05, 0.1) is 24.3 Å². The summed E-state index contributed by atoms with van der Waals surface area (Å²) in [6.07, 6.45) is 4.16. The van der Waals surface area contributed by atoms with E-state index in [0.717, 1.165) is 58.1 Å². The smallest absolute Gasteiger partial charge is 0.191 e. The first-order valence-electron chi connectivity index (χ1n) is 9.90. The number of morpholine rings is 1. The van der Waals surface area contributed by atoms with Crippen molar-refractivity contribution in [3.63, 3.8) is 0 Å². The van der Waals surface area contributed by atoms with Crippen LogP contribution in [0.5, 0.6) is 0 Å². The van der Waals surface area contributed by atoms with Crippen LogP contribution in [0.4, 0.5) is 0 Å². The van der Waals surface area contributed by atoms with Crippen LogP contribution in [-0.2, 0) is 17.6 Å². The number of aryl methyl sites for hydroxylation is 1. The molecule has 148 valence electrons. The third kappa shape index (κ3) is 7.60. The highest BCUT2D eigenvalue weighted by molar-refractivity contribution is 7.11. The Morgan fingerprint density at radius 3 is 2.96 bits per heavy atom. The minimum Gasteiger partial charge on any atom is -0.374 e. The van der Waals surface area contributed by atoms with Gasteiger partial charge in [0, 0.05) is 50.2 Å². The molecule has 0 spiro atoms. The largest absolute Gasteiger partial charge is 0.374 e. The fraction of sp³-hybridized carbons (Fsp3) is 0.789. The van der Waals surface area contributed by atoms with Crippen LogP contribution in [0.15, 0.2) is 11.2 Å². The highest BCUT2D eigenvalue weighted by Gasteiger charge is 2.20. The Kier molecular flexibility index (Phi) is 9.36. The summed E-state index contributed by atoms with van der Waals surface area (Å²) in [5.41, 5.74) is 0. The van der Waals surface area contributed by atoms with Crippen LogP contribution in [-0.4, -0.2) is 67.8 Å². The van der Waals surface area contributed by atoms with E-state index >= 15 is 0 Å². The lowest BCUT2D eigenvalue weighted by molar-refractivity contribution is -0.0261. The molecule has 1 aliphatic rings. The van der Waals surface area contributed by atoms with Gasteiger partial charge in [0.25, 0.3) is 0 Å². The highest BCUT2D eigenvalue weighted by atomic mass is 32.1. The van der Waals surface area contributed by atoms with E-state index in [1.54, 1.807) is 11.3 Å². The van der Waals surface area contributed by atoms with Crippen molar-refractivity contribution in [1.82, 2.24) is 20.5 Å². The molecule has 2 rings (SSSR count). The van der Waals surface area contributed by atoms with Gasteiger partial charge in [-0.3, -0.25) is 9.89 Å². The SMILES string of the molecule is CCNC(=NCC1CN(CC(C)C)CCO1)NCCc1ncc(CC)s1. The minimum atomic E-state index is 0.184. The van der Waals surface area contributed by atoms with E-state index in [9.17, 15) is 0 Å². The maximum absolute atomic E-state index is 5.89. The van der Waals surface area contributed by atoms with E-state index in [0.29, 0.717) is 12.5 Å². The zero-order valence-electron chi connectivity index (χ0n) is 16.8. The van der Waals surface area contributed by atoms with Gasteiger partial charge in [-0.25, -0.2) is 4.98 Å². The Hall–Kier alpha value is -1.18. The van der Waals surface area contributed by atoms with Crippen LogP contribution < -0.4 is 10.6 Å². The normalized spacial score (nSPS) is 19.1. The van der Waals surface area contributed by atoms with Crippen LogP contribution in [0.1, 0.15) is 37.6 Å². The monoisotopic (exact) mass is 381 g/mol. The lowest BCUT2D eigenvalue weighted by Crippen LogP contribution is -2.46. The van der Waals surface area contributed by atoms with Crippen LogP contribution in [0.3, 0.4) is 0 Å². The molecule has 1 fully saturated rings. The molecule has 0 amide bonds. The Balaban J connectivity index is 1.77. The van der Waals surface area contributed by atoms with E-state index in [-0.39, 0.29) is 6.10 Å². The molecule has 0 aliphatic carbocycles. The predicted molar refractivity (Wildman–Crippen MR) is 110 cm³/mol. The molecule has 26 heavy (non-hydrogen) atoms. The molecule has 0 aromatic carbocycles. The van der Waals surface area contributed by atoms with Crippen molar-refractivity contribution < 1.29 is 4.74 Å². The molecule has 1 saturated heterocycles. The number of rotatable bonds is 9. The molecule has 7 heteroatoms. The molecular weight excluding hydrogens is 346 g/mol. The second-order valence-electron chi connectivity index (χ2n) is 7.12. The summed E-state index contributed by atoms with van der Waals surface area (Å²) < 4.78 is 5.89. The van der Waals surface area contributed by atoms with Gasteiger partial charge in [-0.15, -0.1) is 11.3 Å². The molecule has 1 aromatic heterocycles. The van der Waals surface area contributed by atoms with E-state index < -0.39 is 0 Å². The van der Waals surface area contributed by atoms with Crippen LogP contribution in [0, 0.1) is 5.92 Å². The minimum absolute atomic E-state index is 0.184. The summed E-state index contributed by atoms with van der Waals surface area (Å²) in [6, 6.07) is 0. The first-order valence-corrected chi connectivity index (χ1v) is 10.7. The average Bonchev–Trinajstić information content (AvgIpc) is 3.07. The zero-order chi connectivity index (χ0) is 18.8. The number of aromatic nitrogens is 1. The second kappa shape index (κ2) is 11.5. The highest BCUT2D eigenvalue weighted by Crippen LogP contribution is 2.13. The maximum Gasteiger partial charge on any atom is 0.191 e. The van der Waals surface area contributed by atoms with Gasteiger partial charge < -0.3 is 15.4 Å². The van der Waals surface area contributed by atoms with Crippen molar-refractivity contribution in [3.05, 3.63) is 16.1 Å². The van der Waals surface area contributed by atoms with Crippen molar-refractivity contribution in [3.8, 4) is 0 Å². The Labute approximate surface area is 162 Å². The topological polar surface area (TPSA) is 61.8 Å². The van der Waals surface area contributed by atoms with Gasteiger partial charge in [0.15, 0.2) is 5.96 Å². The first kappa shape index (κ1) is 21.1. The Morgan fingerprint density at radius 2 is 2.27 bits per heavy atom. The van der Waals surface area contributed by atoms with Crippen molar-refractivity contribution in [1.29, 1.82) is 0 Å². The van der Waals surface area contributed by atoms with Crippen LogP contribution >= 0.6 is 11.3 Å². The van der Waals surface area contributed by atoms with Crippen molar-refractivity contribution >= 4 is 17.3 Å². The molecule has 1 aromatic rings. The molecule has 2 N–H and O–H groups in total. The Morgan fingerprint density at radius 1 is 1.42 bits per heavy atom. The van der Waals surface area contributed by atoms with Crippen molar-refractivity contribution in [2.75, 3.05) is 45.9 Å². The van der Waals surface area contributed by atoms with Gasteiger partial charge in [-0.2, -0.15) is 0 Å². The zero-order valence-corrected chi connectivity index (χ0v) is 17.6. The second-order valence-corrected chi connectivity index (χ2v) is 8.32. The van der Waals surface area contributed by atoms with Crippen LogP contribution in [0.25, 0.3) is 0 Å². The number of nitrogens with one attached hydrogen (secondary N) is 2. The quantitative estimate of drug-likeness (QED) is 0.507. The first-order chi connectivity index (χ1) is 12.6. The van der Waals surface area contributed by atoms with E-state index in [2.05, 4.69) is 48.2 Å². The summed E-state index contributed by atoms with van der Waals surface area (Å²) in [6.45, 7) is 15.1. The van der Waals surface area contributed by atoms with Gasteiger partial charge in [0.2, 0.25) is 0 Å². The van der Waals surface area contributed by atoms with Crippen molar-refractivity contribution in [2.45, 2.75) is 46.6 Å². The molecule has 6 nitrogen and oxygen atoms in total. The molecule has 1 aliphatic heterocycles. The maximum atomic E-state index is 5.89. The number of ether oxygens (including phenoxy) is 1. The lowest BCUT2D eigenvalue weighted by Gasteiger charge is -2.33. The summed E-state index contributed by atoms with van der Waals surface area (Å²) in [5.74, 6) is 1.56. The Bertz CT molecular complexity index is 546. The summed E-state index contributed by atoms with van der Waals surface area (Å²) >= 11 is 1.80. The van der Waals surface area contributed by atoms with Gasteiger partial charge in [-0.05, 0) is 19.3 Å². The van der Waals surface area contributed by atoms with Crippen molar-refractivity contribution in [2.24, 2.45) is 10.9 Å². The van der Waals surface area contributed by atoms with Crippen LogP contribution in [0.2, 0.25) is 0 Å². The summed E-state index contributed by atoms with van der Waals surface area (Å²) in [4.78, 5) is 13.0. The molecule has 0 saturated carbocycles. The lowest BCUT2D eigenvalue weighted by atomic mass is 10.2. The van der Waals surface area contributed by atoms with E-state index in [1.165, 1.54) is 9.88 Å². The predicted octanol–water partition coefficient (Wildman–Crippen LogP) is 2.16. The fourth-order valence-corrected chi connectivity index (χ4v) is 3.88. The number of hydrogen-bond acceptors (Lipinski definition) is 5. The van der Waals surface area contributed by atoms with E-state index in [1.807, 2.05) is 6.20 Å². The summed E-state index contributed by atoms with van der Waals surface area (Å²) in [5, 5.41) is 7.92. The molecule has 1 unspecified atom stereocenters. The molecule has 2 heterocycles. The fourth-order valence-electron chi connectivity index (χ4n) is 3.02. The number of aliphatic imine (C=N–C) groups is 1. The van der Waals surface area contributed by atoms with E-state index in [4.69, 9.17) is 9.73 Å². The third-order valence-electron chi connectivity index (χ3n) is 4.22. The number of guanidine groups is 1. The average molecular weight is 382 g/mol. The molecule has 0 bridgehead atoms. The number of hydrogen-bond donors (Lipinski definition) is 2. The molecule has 1 atom stereocenters. The number of nitrogens with zero attached hydrogens (tertiary/aromatic N) is 3.